The molecule has 0 N–H and O–H groups in total. The molecule has 1 saturated heterocycles. The number of rotatable bonds is 1. The van der Waals surface area contributed by atoms with E-state index in [-0.39, 0.29) is 0 Å². The predicted octanol–water partition coefficient (Wildman–Crippen LogP) is 2.01. The van der Waals surface area contributed by atoms with Crippen molar-refractivity contribution in [3.05, 3.63) is 35.5 Å². The summed E-state index contributed by atoms with van der Waals surface area (Å²) in [6.07, 6.45) is 4.48. The molecule has 0 spiro atoms. The Morgan fingerprint density at radius 2 is 2.18 bits per heavy atom. The summed E-state index contributed by atoms with van der Waals surface area (Å²) in [5, 5.41) is 1.64. The van der Waals surface area contributed by atoms with Crippen molar-refractivity contribution in [2.24, 2.45) is 0 Å². The first-order chi connectivity index (χ1) is 5.20. The van der Waals surface area contributed by atoms with E-state index < -0.39 is 0 Å². The average Bonchev–Trinajstić information content (AvgIpc) is 2.66. The monoisotopic (exact) mass is 165 g/mol. The van der Waals surface area contributed by atoms with Gasteiger partial charge in [-0.1, -0.05) is 18.7 Å². The molecule has 1 heterocycles. The summed E-state index contributed by atoms with van der Waals surface area (Å²) in [4.78, 5) is 0. The summed E-state index contributed by atoms with van der Waals surface area (Å²) in [5.41, 5.74) is 4.26. The van der Waals surface area contributed by atoms with Crippen LogP contribution in [0.4, 0.5) is 0 Å². The highest BCUT2D eigenvalue weighted by molar-refractivity contribution is 7.88. The van der Waals surface area contributed by atoms with Gasteiger partial charge >= 0.3 is 0 Å². The fourth-order valence-electron chi connectivity index (χ4n) is 1.55. The lowest BCUT2D eigenvalue weighted by atomic mass is 9.95. The first-order valence-corrected chi connectivity index (χ1v) is 4.97. The van der Waals surface area contributed by atoms with Crippen LogP contribution in [0, 0.1) is 0 Å². The van der Waals surface area contributed by atoms with Crippen molar-refractivity contribution < 1.29 is 0 Å². The molecule has 1 unspecified atom stereocenters. The second kappa shape index (κ2) is 2.28. The van der Waals surface area contributed by atoms with E-state index in [0.717, 1.165) is 10.5 Å². The molecular weight excluding hydrogens is 152 g/mol. The molecule has 0 radical (unpaired) electrons. The van der Waals surface area contributed by atoms with Gasteiger partial charge in [0.05, 0.1) is 0 Å². The van der Waals surface area contributed by atoms with Crippen LogP contribution < -0.4 is 0 Å². The Bertz CT molecular complexity index is 271. The SMILES string of the molecule is C=C(C)C1=CC=C(C)C2[SH+][C@@H]12. The molecule has 0 amide bonds. The summed E-state index contributed by atoms with van der Waals surface area (Å²) in [7, 11) is 0. The highest BCUT2D eigenvalue weighted by Crippen LogP contribution is 2.40. The van der Waals surface area contributed by atoms with Gasteiger partial charge in [0.2, 0.25) is 0 Å². The molecule has 0 bridgehead atoms. The summed E-state index contributed by atoms with van der Waals surface area (Å²) < 4.78 is 0. The number of hydrogen-bond donors (Lipinski definition) is 0. The summed E-state index contributed by atoms with van der Waals surface area (Å²) in [5.74, 6) is 0. The van der Waals surface area contributed by atoms with E-state index in [1.165, 1.54) is 11.1 Å². The average molecular weight is 165 g/mol. The third-order valence-electron chi connectivity index (χ3n) is 2.33. The van der Waals surface area contributed by atoms with Crippen molar-refractivity contribution in [3.63, 3.8) is 0 Å². The molecule has 0 nitrogen and oxygen atoms in total. The van der Waals surface area contributed by atoms with E-state index >= 15 is 0 Å². The van der Waals surface area contributed by atoms with E-state index in [2.05, 4.69) is 32.6 Å². The molecule has 0 aromatic rings. The largest absolute Gasteiger partial charge is 0.192 e. The lowest BCUT2D eigenvalue weighted by Gasteiger charge is -2.03. The fourth-order valence-corrected chi connectivity index (χ4v) is 2.98. The van der Waals surface area contributed by atoms with Crippen molar-refractivity contribution in [2.45, 2.75) is 24.3 Å². The van der Waals surface area contributed by atoms with Crippen molar-refractivity contribution in [1.82, 2.24) is 0 Å². The minimum absolute atomic E-state index is 0.803. The van der Waals surface area contributed by atoms with Crippen LogP contribution >= 0.6 is 0 Å². The van der Waals surface area contributed by atoms with E-state index in [1.807, 2.05) is 0 Å². The van der Waals surface area contributed by atoms with Crippen molar-refractivity contribution in [1.29, 1.82) is 0 Å². The molecule has 0 saturated carbocycles. The van der Waals surface area contributed by atoms with E-state index in [4.69, 9.17) is 0 Å². The molecule has 1 aliphatic carbocycles. The molecule has 2 atom stereocenters. The van der Waals surface area contributed by atoms with Gasteiger partial charge in [-0.3, -0.25) is 0 Å². The Hall–Kier alpha value is -0.430. The summed E-state index contributed by atoms with van der Waals surface area (Å²) in [6, 6.07) is 0. The molecule has 58 valence electrons. The Morgan fingerprint density at radius 1 is 1.45 bits per heavy atom. The van der Waals surface area contributed by atoms with E-state index in [0.29, 0.717) is 0 Å². The van der Waals surface area contributed by atoms with Crippen molar-refractivity contribution in [2.75, 3.05) is 0 Å². The smallest absolute Gasteiger partial charge is 0.0956 e. The lowest BCUT2D eigenvalue weighted by molar-refractivity contribution is 1.05. The zero-order valence-electron chi connectivity index (χ0n) is 6.96. The molecule has 2 rings (SSSR count). The maximum atomic E-state index is 3.98. The minimum Gasteiger partial charge on any atom is -0.0956 e. The van der Waals surface area contributed by atoms with Crippen LogP contribution in [-0.2, 0) is 11.8 Å². The molecule has 11 heavy (non-hydrogen) atoms. The topological polar surface area (TPSA) is 0 Å². The van der Waals surface area contributed by atoms with Gasteiger partial charge in [-0.2, -0.15) is 0 Å². The molecular formula is C10H13S+. The third kappa shape index (κ3) is 1.08. The van der Waals surface area contributed by atoms with Gasteiger partial charge < -0.3 is 0 Å². The normalized spacial score (nSPS) is 33.6. The van der Waals surface area contributed by atoms with Crippen molar-refractivity contribution in [3.8, 4) is 0 Å². The molecule has 0 aromatic heterocycles. The van der Waals surface area contributed by atoms with Crippen LogP contribution in [0.3, 0.4) is 0 Å². The summed E-state index contributed by atoms with van der Waals surface area (Å²) in [6.45, 7) is 8.31. The van der Waals surface area contributed by atoms with Crippen LogP contribution in [0.25, 0.3) is 0 Å². The van der Waals surface area contributed by atoms with Crippen LogP contribution in [-0.4, -0.2) is 10.5 Å². The van der Waals surface area contributed by atoms with Gasteiger partial charge in [0.15, 0.2) is 10.5 Å². The number of thiol groups is 1. The Morgan fingerprint density at radius 3 is 2.82 bits per heavy atom. The Kier molecular flexibility index (Phi) is 1.50. The van der Waals surface area contributed by atoms with Gasteiger partial charge in [0.1, 0.15) is 0 Å². The van der Waals surface area contributed by atoms with Gasteiger partial charge in [-0.15, -0.1) is 0 Å². The Labute approximate surface area is 72.1 Å². The zero-order chi connectivity index (χ0) is 8.01. The molecule has 2 aliphatic rings. The fraction of sp³-hybridized carbons (Fsp3) is 0.400. The molecule has 1 fully saturated rings. The second-order valence-corrected chi connectivity index (χ2v) is 4.76. The number of fused-ring (bicyclic) bond motifs is 1. The third-order valence-corrected chi connectivity index (χ3v) is 3.91. The van der Waals surface area contributed by atoms with Gasteiger partial charge in [0.25, 0.3) is 0 Å². The standard InChI is InChI=1S/C10H12S/c1-6(2)8-5-4-7(3)9-10(8)11-9/h4-5,9-10H,1H2,2-3H3/p+1/t9?,10-/m0/s1. The lowest BCUT2D eigenvalue weighted by Crippen LogP contribution is -2.04. The van der Waals surface area contributed by atoms with Crippen molar-refractivity contribution >= 4 is 11.8 Å². The van der Waals surface area contributed by atoms with Crippen LogP contribution in [0.15, 0.2) is 35.5 Å². The molecule has 1 aliphatic heterocycles. The van der Waals surface area contributed by atoms with Crippen LogP contribution in [0.1, 0.15) is 13.8 Å². The highest BCUT2D eigenvalue weighted by atomic mass is 32.2. The second-order valence-electron chi connectivity index (χ2n) is 3.35. The van der Waals surface area contributed by atoms with Gasteiger partial charge in [-0.25, -0.2) is 0 Å². The first-order valence-electron chi connectivity index (χ1n) is 3.94. The number of hydrogen-bond acceptors (Lipinski definition) is 0. The zero-order valence-corrected chi connectivity index (χ0v) is 7.86. The maximum Gasteiger partial charge on any atom is 0.192 e. The number of allylic oxidation sites excluding steroid dienone is 3. The van der Waals surface area contributed by atoms with Crippen LogP contribution in [0.5, 0.6) is 0 Å². The minimum atomic E-state index is 0.803. The van der Waals surface area contributed by atoms with E-state index in [9.17, 15) is 0 Å². The van der Waals surface area contributed by atoms with Gasteiger partial charge in [0, 0.05) is 5.57 Å². The highest BCUT2D eigenvalue weighted by Gasteiger charge is 2.54. The van der Waals surface area contributed by atoms with E-state index in [1.54, 1.807) is 17.3 Å². The predicted molar refractivity (Wildman–Crippen MR) is 53.0 cm³/mol. The first kappa shape index (κ1) is 7.23. The quantitative estimate of drug-likeness (QED) is 0.317. The summed E-state index contributed by atoms with van der Waals surface area (Å²) >= 11 is 1.59. The Balaban J connectivity index is 2.31. The molecule has 0 aromatic carbocycles. The van der Waals surface area contributed by atoms with Gasteiger partial charge in [-0.05, 0) is 36.8 Å². The molecule has 1 heteroatoms. The van der Waals surface area contributed by atoms with Crippen LogP contribution in [0.2, 0.25) is 0 Å². The maximum absolute atomic E-state index is 3.98.